The molecule has 1 aliphatic rings. The minimum atomic E-state index is 0.283. The van der Waals surface area contributed by atoms with Gasteiger partial charge >= 0.3 is 0 Å². The first-order valence-corrected chi connectivity index (χ1v) is 12.4. The van der Waals surface area contributed by atoms with Crippen LogP contribution < -0.4 is 5.32 Å². The van der Waals surface area contributed by atoms with Gasteiger partial charge in [-0.05, 0) is 61.9 Å². The minimum Gasteiger partial charge on any atom is -0.383 e. The van der Waals surface area contributed by atoms with E-state index >= 15 is 0 Å². The van der Waals surface area contributed by atoms with Crippen LogP contribution in [0.15, 0.2) is 42.5 Å². The van der Waals surface area contributed by atoms with Crippen LogP contribution in [-0.2, 0) is 17.8 Å². The number of hydrogen-bond donors (Lipinski definition) is 1. The smallest absolute Gasteiger partial charge is 0.0931 e. The highest BCUT2D eigenvalue weighted by Crippen LogP contribution is 2.43. The predicted molar refractivity (Wildman–Crippen MR) is 137 cm³/mol. The van der Waals surface area contributed by atoms with Crippen molar-refractivity contribution in [3.63, 3.8) is 0 Å². The molecule has 2 heterocycles. The Hall–Kier alpha value is -2.43. The lowest BCUT2D eigenvalue weighted by Crippen LogP contribution is -2.44. The molecule has 2 aromatic carbocycles. The molecule has 176 valence electrons. The lowest BCUT2D eigenvalue weighted by molar-refractivity contribution is 0.142. The maximum absolute atomic E-state index is 5.67. The van der Waals surface area contributed by atoms with E-state index in [1.165, 1.54) is 39.1 Å². The fourth-order valence-electron chi connectivity index (χ4n) is 5.92. The second-order valence-corrected chi connectivity index (χ2v) is 9.63. The number of nitrogens with zero attached hydrogens (tertiary/aromatic N) is 2. The van der Waals surface area contributed by atoms with Gasteiger partial charge in [-0.15, -0.1) is 0 Å². The van der Waals surface area contributed by atoms with Gasteiger partial charge in [-0.2, -0.15) is 5.10 Å². The molecular weight excluding hydrogens is 406 g/mol. The summed E-state index contributed by atoms with van der Waals surface area (Å²) >= 11 is 0. The molecule has 0 bridgehead atoms. The lowest BCUT2D eigenvalue weighted by atomic mass is 9.74. The molecule has 0 amide bonds. The van der Waals surface area contributed by atoms with E-state index in [-0.39, 0.29) is 6.04 Å². The summed E-state index contributed by atoms with van der Waals surface area (Å²) in [5, 5.41) is 8.95. The Morgan fingerprint density at radius 2 is 1.82 bits per heavy atom. The van der Waals surface area contributed by atoms with Gasteiger partial charge in [0.05, 0.1) is 12.3 Å². The number of aromatic nitrogens is 2. The fourth-order valence-corrected chi connectivity index (χ4v) is 5.92. The molecule has 0 saturated carbocycles. The summed E-state index contributed by atoms with van der Waals surface area (Å²) in [4.78, 5) is 0. The van der Waals surface area contributed by atoms with E-state index in [1.807, 2.05) is 7.11 Å². The Kier molecular flexibility index (Phi) is 7.35. The summed E-state index contributed by atoms with van der Waals surface area (Å²) in [5.74, 6) is 0.707. The van der Waals surface area contributed by atoms with Crippen molar-refractivity contribution < 1.29 is 4.74 Å². The zero-order valence-electron chi connectivity index (χ0n) is 21.1. The SMILES string of the molecule is CCCn1nc(-c2c(C)cc(C)cc2C)cc1C(CC)C1c2ccccc2CNC1COC. The summed E-state index contributed by atoms with van der Waals surface area (Å²) in [7, 11) is 1.81. The number of methoxy groups -OCH3 is 1. The molecule has 33 heavy (non-hydrogen) atoms. The molecule has 3 unspecified atom stereocenters. The fraction of sp³-hybridized carbons (Fsp3) is 0.483. The number of benzene rings is 2. The van der Waals surface area contributed by atoms with Crippen LogP contribution in [0, 0.1) is 20.8 Å². The Labute approximate surface area is 199 Å². The highest BCUT2D eigenvalue weighted by Gasteiger charge is 2.37. The second kappa shape index (κ2) is 10.2. The predicted octanol–water partition coefficient (Wildman–Crippen LogP) is 6.28. The van der Waals surface area contributed by atoms with Crippen LogP contribution in [0.2, 0.25) is 0 Å². The van der Waals surface area contributed by atoms with Gasteiger partial charge in [0.15, 0.2) is 0 Å². The molecule has 3 aromatic rings. The third-order valence-corrected chi connectivity index (χ3v) is 7.18. The normalized spacial score (nSPS) is 18.8. The summed E-state index contributed by atoms with van der Waals surface area (Å²) in [6, 6.07) is 16.1. The summed E-state index contributed by atoms with van der Waals surface area (Å²) in [6.45, 7) is 13.7. The zero-order chi connectivity index (χ0) is 23.5. The van der Waals surface area contributed by atoms with Crippen LogP contribution in [0.1, 0.15) is 72.0 Å². The van der Waals surface area contributed by atoms with Crippen molar-refractivity contribution >= 4 is 0 Å². The average Bonchev–Trinajstić information content (AvgIpc) is 3.18. The molecule has 1 aromatic heterocycles. The van der Waals surface area contributed by atoms with Gasteiger partial charge in [0.1, 0.15) is 0 Å². The topological polar surface area (TPSA) is 39.1 Å². The summed E-state index contributed by atoms with van der Waals surface area (Å²) in [6.07, 6.45) is 2.12. The number of aryl methyl sites for hydroxylation is 4. The van der Waals surface area contributed by atoms with Crippen LogP contribution in [0.5, 0.6) is 0 Å². The average molecular weight is 446 g/mol. The molecule has 0 spiro atoms. The Bertz CT molecular complexity index is 1080. The van der Waals surface area contributed by atoms with Gasteiger partial charge < -0.3 is 10.1 Å². The number of rotatable bonds is 8. The quantitative estimate of drug-likeness (QED) is 0.443. The van der Waals surface area contributed by atoms with Crippen molar-refractivity contribution in [2.24, 2.45) is 0 Å². The van der Waals surface area contributed by atoms with Crippen LogP contribution in [0.3, 0.4) is 0 Å². The van der Waals surface area contributed by atoms with E-state index in [0.29, 0.717) is 18.4 Å². The number of hydrogen-bond acceptors (Lipinski definition) is 3. The molecule has 3 atom stereocenters. The molecule has 1 aliphatic heterocycles. The molecule has 4 rings (SSSR count). The van der Waals surface area contributed by atoms with E-state index < -0.39 is 0 Å². The van der Waals surface area contributed by atoms with E-state index in [1.54, 1.807) is 0 Å². The maximum Gasteiger partial charge on any atom is 0.0931 e. The molecule has 4 nitrogen and oxygen atoms in total. The molecular formula is C29H39N3O. The largest absolute Gasteiger partial charge is 0.383 e. The van der Waals surface area contributed by atoms with Crippen molar-refractivity contribution in [2.75, 3.05) is 13.7 Å². The Morgan fingerprint density at radius 1 is 1.09 bits per heavy atom. The van der Waals surface area contributed by atoms with Gasteiger partial charge in [0, 0.05) is 49.3 Å². The molecule has 0 aliphatic carbocycles. The van der Waals surface area contributed by atoms with E-state index in [0.717, 1.165) is 31.6 Å². The monoisotopic (exact) mass is 445 g/mol. The molecule has 0 fully saturated rings. The van der Waals surface area contributed by atoms with Crippen molar-refractivity contribution in [3.05, 3.63) is 76.0 Å². The lowest BCUT2D eigenvalue weighted by Gasteiger charge is -2.39. The van der Waals surface area contributed by atoms with Crippen LogP contribution in [0.25, 0.3) is 11.3 Å². The number of ether oxygens (including phenoxy) is 1. The van der Waals surface area contributed by atoms with Crippen LogP contribution in [0.4, 0.5) is 0 Å². The Balaban J connectivity index is 1.84. The van der Waals surface area contributed by atoms with Crippen molar-refractivity contribution in [2.45, 2.75) is 78.4 Å². The van der Waals surface area contributed by atoms with Crippen molar-refractivity contribution in [3.8, 4) is 11.3 Å². The van der Waals surface area contributed by atoms with Crippen molar-refractivity contribution in [1.29, 1.82) is 0 Å². The summed E-state index contributed by atoms with van der Waals surface area (Å²) in [5.41, 5.74) is 10.5. The van der Waals surface area contributed by atoms with E-state index in [9.17, 15) is 0 Å². The highest BCUT2D eigenvalue weighted by atomic mass is 16.5. The molecule has 4 heteroatoms. The second-order valence-electron chi connectivity index (χ2n) is 9.63. The van der Waals surface area contributed by atoms with Crippen LogP contribution in [-0.4, -0.2) is 29.5 Å². The summed E-state index contributed by atoms with van der Waals surface area (Å²) < 4.78 is 7.95. The van der Waals surface area contributed by atoms with Gasteiger partial charge in [-0.1, -0.05) is 55.8 Å². The first-order valence-electron chi connectivity index (χ1n) is 12.4. The van der Waals surface area contributed by atoms with E-state index in [2.05, 4.69) is 87.1 Å². The maximum atomic E-state index is 5.67. The van der Waals surface area contributed by atoms with Crippen molar-refractivity contribution in [1.82, 2.24) is 15.1 Å². The third-order valence-electron chi connectivity index (χ3n) is 7.18. The van der Waals surface area contributed by atoms with Gasteiger partial charge in [-0.25, -0.2) is 0 Å². The van der Waals surface area contributed by atoms with Gasteiger partial charge in [0.25, 0.3) is 0 Å². The number of fused-ring (bicyclic) bond motifs is 1. The Morgan fingerprint density at radius 3 is 2.48 bits per heavy atom. The standard InChI is InChI=1S/C29H39N3O/c1-7-13-32-27(16-25(31-32)28-20(4)14-19(3)15-21(28)5)23(8-2)29-24-12-10-9-11-22(24)17-30-26(29)18-33-6/h9-12,14-16,23,26,29-30H,7-8,13,17-18H2,1-6H3. The van der Waals surface area contributed by atoms with Crippen LogP contribution >= 0.6 is 0 Å². The first kappa shape index (κ1) is 23.7. The third kappa shape index (κ3) is 4.64. The number of nitrogens with one attached hydrogen (secondary N) is 1. The van der Waals surface area contributed by atoms with Gasteiger partial charge in [0.2, 0.25) is 0 Å². The minimum absolute atomic E-state index is 0.283. The first-order chi connectivity index (χ1) is 16.0. The highest BCUT2D eigenvalue weighted by molar-refractivity contribution is 5.68. The van der Waals surface area contributed by atoms with Gasteiger partial charge in [-0.3, -0.25) is 4.68 Å². The molecule has 0 radical (unpaired) electrons. The molecule has 0 saturated heterocycles. The zero-order valence-corrected chi connectivity index (χ0v) is 21.1. The molecule has 1 N–H and O–H groups in total. The van der Waals surface area contributed by atoms with E-state index in [4.69, 9.17) is 9.84 Å².